The fourth-order valence-electron chi connectivity index (χ4n) is 2.15. The summed E-state index contributed by atoms with van der Waals surface area (Å²) in [7, 11) is 0. The standard InChI is InChI=1S/C21H38O9/c1-20(2,3)29-18(24)8-11-27-14-16(13-26-10-7-17(22)23)15-28-12-9-19(25)30-21(4,5)6/h16H,7-15H2,1-6H3,(H,22,23). The average Bonchev–Trinajstić information content (AvgIpc) is 2.55. The molecule has 9 heteroatoms. The molecule has 0 aliphatic rings. The van der Waals surface area contributed by atoms with Gasteiger partial charge in [-0.05, 0) is 41.5 Å². The molecule has 0 aromatic heterocycles. The van der Waals surface area contributed by atoms with Crippen molar-refractivity contribution >= 4 is 17.9 Å². The Balaban J connectivity index is 4.25. The van der Waals surface area contributed by atoms with Gasteiger partial charge in [-0.25, -0.2) is 0 Å². The lowest BCUT2D eigenvalue weighted by molar-refractivity contribution is -0.157. The molecule has 0 atom stereocenters. The zero-order chi connectivity index (χ0) is 23.2. The van der Waals surface area contributed by atoms with Gasteiger partial charge in [0.05, 0.1) is 58.9 Å². The Morgan fingerprint density at radius 2 is 1.00 bits per heavy atom. The second kappa shape index (κ2) is 14.3. The van der Waals surface area contributed by atoms with Crippen molar-refractivity contribution in [1.29, 1.82) is 0 Å². The van der Waals surface area contributed by atoms with Gasteiger partial charge in [0.2, 0.25) is 0 Å². The number of rotatable bonds is 15. The number of aliphatic carboxylic acids is 1. The van der Waals surface area contributed by atoms with E-state index >= 15 is 0 Å². The van der Waals surface area contributed by atoms with Crippen molar-refractivity contribution in [1.82, 2.24) is 0 Å². The van der Waals surface area contributed by atoms with Crippen LogP contribution < -0.4 is 0 Å². The highest BCUT2D eigenvalue weighted by molar-refractivity contribution is 5.70. The molecule has 0 rings (SSSR count). The summed E-state index contributed by atoms with van der Waals surface area (Å²) in [5, 5.41) is 8.67. The zero-order valence-corrected chi connectivity index (χ0v) is 19.2. The number of hydrogen-bond donors (Lipinski definition) is 1. The number of ether oxygens (including phenoxy) is 5. The maximum atomic E-state index is 11.7. The zero-order valence-electron chi connectivity index (χ0n) is 19.2. The third kappa shape index (κ3) is 19.6. The number of carboxylic acids is 1. The van der Waals surface area contributed by atoms with Gasteiger partial charge in [0.1, 0.15) is 11.2 Å². The molecule has 0 aromatic carbocycles. The highest BCUT2D eigenvalue weighted by atomic mass is 16.6. The number of carbonyl (C=O) groups excluding carboxylic acids is 2. The van der Waals surface area contributed by atoms with Crippen LogP contribution in [0.5, 0.6) is 0 Å². The van der Waals surface area contributed by atoms with E-state index in [1.54, 1.807) is 41.5 Å². The molecule has 0 unspecified atom stereocenters. The van der Waals surface area contributed by atoms with Crippen LogP contribution in [0.4, 0.5) is 0 Å². The molecule has 176 valence electrons. The summed E-state index contributed by atoms with van der Waals surface area (Å²) in [5.41, 5.74) is -1.08. The Labute approximate surface area is 179 Å². The van der Waals surface area contributed by atoms with Crippen molar-refractivity contribution in [2.24, 2.45) is 5.92 Å². The van der Waals surface area contributed by atoms with Gasteiger partial charge in [0.15, 0.2) is 0 Å². The van der Waals surface area contributed by atoms with Crippen molar-refractivity contribution in [3.05, 3.63) is 0 Å². The van der Waals surface area contributed by atoms with E-state index in [2.05, 4.69) is 0 Å². The van der Waals surface area contributed by atoms with Gasteiger partial charge in [-0.2, -0.15) is 0 Å². The summed E-state index contributed by atoms with van der Waals surface area (Å²) in [6.07, 6.45) is 0.165. The van der Waals surface area contributed by atoms with Gasteiger partial charge in [0.25, 0.3) is 0 Å². The molecule has 0 aromatic rings. The highest BCUT2D eigenvalue weighted by Crippen LogP contribution is 2.10. The van der Waals surface area contributed by atoms with Crippen LogP contribution in [0.1, 0.15) is 60.8 Å². The van der Waals surface area contributed by atoms with E-state index in [4.69, 9.17) is 28.8 Å². The van der Waals surface area contributed by atoms with E-state index in [1.807, 2.05) is 0 Å². The number of carboxylic acid groups (broad SMARTS) is 1. The molecule has 0 saturated carbocycles. The van der Waals surface area contributed by atoms with Crippen LogP contribution in [0.15, 0.2) is 0 Å². The molecular formula is C21H38O9. The second-order valence-corrected chi connectivity index (χ2v) is 8.91. The van der Waals surface area contributed by atoms with Crippen LogP contribution in [-0.4, -0.2) is 73.9 Å². The van der Waals surface area contributed by atoms with E-state index in [1.165, 1.54) is 0 Å². The summed E-state index contributed by atoms with van der Waals surface area (Å²) in [5.74, 6) is -1.79. The van der Waals surface area contributed by atoms with Crippen LogP contribution in [0.2, 0.25) is 0 Å². The molecular weight excluding hydrogens is 396 g/mol. The Bertz CT molecular complexity index is 482. The van der Waals surface area contributed by atoms with Gasteiger partial charge in [-0.15, -0.1) is 0 Å². The maximum Gasteiger partial charge on any atom is 0.308 e. The molecule has 0 saturated heterocycles. The predicted molar refractivity (Wildman–Crippen MR) is 109 cm³/mol. The minimum absolute atomic E-state index is 0.0850. The first-order valence-electron chi connectivity index (χ1n) is 10.2. The minimum Gasteiger partial charge on any atom is -0.481 e. The lowest BCUT2D eigenvalue weighted by Crippen LogP contribution is -2.27. The first-order valence-corrected chi connectivity index (χ1v) is 10.2. The second-order valence-electron chi connectivity index (χ2n) is 8.91. The normalized spacial score (nSPS) is 12.1. The molecule has 0 radical (unpaired) electrons. The van der Waals surface area contributed by atoms with Crippen molar-refractivity contribution < 1.29 is 43.2 Å². The van der Waals surface area contributed by atoms with E-state index in [0.717, 1.165) is 0 Å². The van der Waals surface area contributed by atoms with Crippen molar-refractivity contribution in [3.8, 4) is 0 Å². The third-order valence-electron chi connectivity index (χ3n) is 3.26. The monoisotopic (exact) mass is 434 g/mol. The maximum absolute atomic E-state index is 11.7. The Morgan fingerprint density at radius 3 is 1.30 bits per heavy atom. The van der Waals surface area contributed by atoms with Crippen LogP contribution in [-0.2, 0) is 38.1 Å². The lowest BCUT2D eigenvalue weighted by Gasteiger charge is -2.21. The number of esters is 2. The first-order chi connectivity index (χ1) is 13.8. The fraction of sp³-hybridized carbons (Fsp3) is 0.857. The SMILES string of the molecule is CC(C)(C)OC(=O)CCOCC(COCCC(=O)O)COCCC(=O)OC(C)(C)C. The van der Waals surface area contributed by atoms with Crippen molar-refractivity contribution in [3.63, 3.8) is 0 Å². The average molecular weight is 435 g/mol. The van der Waals surface area contributed by atoms with Crippen LogP contribution in [0.3, 0.4) is 0 Å². The van der Waals surface area contributed by atoms with E-state index in [0.29, 0.717) is 0 Å². The number of carbonyl (C=O) groups is 3. The van der Waals surface area contributed by atoms with Crippen LogP contribution in [0, 0.1) is 5.92 Å². The lowest BCUT2D eigenvalue weighted by atomic mass is 10.2. The predicted octanol–water partition coefficient (Wildman–Crippen LogP) is 2.59. The molecule has 30 heavy (non-hydrogen) atoms. The summed E-state index contributed by atoms with van der Waals surface area (Å²) in [4.78, 5) is 34.0. The van der Waals surface area contributed by atoms with Crippen LogP contribution >= 0.6 is 0 Å². The summed E-state index contributed by atoms with van der Waals surface area (Å²) in [6.45, 7) is 12.0. The van der Waals surface area contributed by atoms with Gasteiger partial charge in [-0.1, -0.05) is 0 Å². The van der Waals surface area contributed by atoms with Gasteiger partial charge in [-0.3, -0.25) is 14.4 Å². The third-order valence-corrected chi connectivity index (χ3v) is 3.26. The minimum atomic E-state index is -0.936. The van der Waals surface area contributed by atoms with E-state index in [9.17, 15) is 14.4 Å². The quantitative estimate of drug-likeness (QED) is 0.306. The van der Waals surface area contributed by atoms with Gasteiger partial charge < -0.3 is 28.8 Å². The summed E-state index contributed by atoms with van der Waals surface area (Å²) < 4.78 is 26.9. The molecule has 1 N–H and O–H groups in total. The molecule has 0 spiro atoms. The number of hydrogen-bond acceptors (Lipinski definition) is 8. The Morgan fingerprint density at radius 1 is 0.667 bits per heavy atom. The molecule has 0 amide bonds. The largest absolute Gasteiger partial charge is 0.481 e. The van der Waals surface area contributed by atoms with Gasteiger partial charge in [0, 0.05) is 5.92 Å². The van der Waals surface area contributed by atoms with Crippen LogP contribution in [0.25, 0.3) is 0 Å². The molecule has 0 aliphatic heterocycles. The van der Waals surface area contributed by atoms with E-state index in [-0.39, 0.29) is 76.8 Å². The van der Waals surface area contributed by atoms with E-state index < -0.39 is 17.2 Å². The summed E-state index contributed by atoms with van der Waals surface area (Å²) in [6, 6.07) is 0. The fourth-order valence-corrected chi connectivity index (χ4v) is 2.15. The molecule has 9 nitrogen and oxygen atoms in total. The van der Waals surface area contributed by atoms with Gasteiger partial charge >= 0.3 is 17.9 Å². The smallest absolute Gasteiger partial charge is 0.308 e. The first kappa shape index (κ1) is 28.3. The Hall–Kier alpha value is -1.71. The molecule has 0 heterocycles. The highest BCUT2D eigenvalue weighted by Gasteiger charge is 2.18. The topological polar surface area (TPSA) is 118 Å². The molecule has 0 fully saturated rings. The Kier molecular flexibility index (Phi) is 13.5. The molecule has 0 bridgehead atoms. The van der Waals surface area contributed by atoms with Crippen molar-refractivity contribution in [2.45, 2.75) is 72.0 Å². The van der Waals surface area contributed by atoms with Crippen molar-refractivity contribution in [2.75, 3.05) is 39.6 Å². The molecule has 0 aliphatic carbocycles. The summed E-state index contributed by atoms with van der Waals surface area (Å²) >= 11 is 0.